The van der Waals surface area contributed by atoms with E-state index in [1.165, 1.54) is 6.08 Å². The largest absolute Gasteiger partial charge is 0.439 e. The quantitative estimate of drug-likeness (QED) is 0.613. The number of para-hydroxylation sites is 2. The second-order valence-corrected chi connectivity index (χ2v) is 5.78. The molecule has 4 amide bonds. The van der Waals surface area contributed by atoms with Gasteiger partial charge < -0.3 is 9.64 Å². The molecule has 2 aliphatic heterocycles. The molecule has 1 aromatic carbocycles. The van der Waals surface area contributed by atoms with Crippen LogP contribution in [0.3, 0.4) is 0 Å². The van der Waals surface area contributed by atoms with Crippen LogP contribution in [-0.2, 0) is 9.59 Å². The van der Waals surface area contributed by atoms with Crippen LogP contribution in [0.15, 0.2) is 47.9 Å². The molecule has 3 rings (SSSR count). The molecule has 1 fully saturated rings. The number of carbonyl (C=O) groups is 3. The summed E-state index contributed by atoms with van der Waals surface area (Å²) < 4.78 is 5.83. The van der Waals surface area contributed by atoms with E-state index in [2.05, 4.69) is 0 Å². The number of imide groups is 2. The summed E-state index contributed by atoms with van der Waals surface area (Å²) in [5.41, 5.74) is 0.887. The van der Waals surface area contributed by atoms with Crippen molar-refractivity contribution in [3.05, 3.63) is 47.9 Å². The number of nitrogens with zero attached hydrogens (tertiary/aromatic N) is 3. The minimum atomic E-state index is -0.581. The first-order valence-electron chi connectivity index (χ1n) is 8.67. The molecule has 1 saturated heterocycles. The van der Waals surface area contributed by atoms with Gasteiger partial charge in [0, 0.05) is 19.6 Å². The molecule has 0 unspecified atom stereocenters. The van der Waals surface area contributed by atoms with Crippen molar-refractivity contribution in [3.63, 3.8) is 0 Å². The Hall–Kier alpha value is -3.09. The molecule has 2 aliphatic rings. The summed E-state index contributed by atoms with van der Waals surface area (Å²) in [7, 11) is 0. The highest BCUT2D eigenvalue weighted by atomic mass is 16.5. The molecule has 7 heteroatoms. The van der Waals surface area contributed by atoms with E-state index in [1.54, 1.807) is 19.9 Å². The van der Waals surface area contributed by atoms with Crippen LogP contribution in [-0.4, -0.2) is 47.3 Å². The number of likely N-dealkylation sites (N-methyl/N-ethyl adjacent to an activating group) is 2. The van der Waals surface area contributed by atoms with Gasteiger partial charge in [-0.2, -0.15) is 0 Å². The number of fused-ring (bicyclic) bond motifs is 1. The van der Waals surface area contributed by atoms with Crippen LogP contribution >= 0.6 is 0 Å². The Bertz CT molecular complexity index is 800. The van der Waals surface area contributed by atoms with E-state index in [1.807, 2.05) is 36.1 Å². The number of benzene rings is 1. The number of hydrogen-bond donors (Lipinski definition) is 0. The Morgan fingerprint density at radius 2 is 1.42 bits per heavy atom. The van der Waals surface area contributed by atoms with Gasteiger partial charge in [0.25, 0.3) is 11.8 Å². The lowest BCUT2D eigenvalue weighted by molar-refractivity contribution is -0.135. The molecular weight excluding hydrogens is 334 g/mol. The van der Waals surface area contributed by atoms with E-state index in [0.29, 0.717) is 12.4 Å². The highest BCUT2D eigenvalue weighted by molar-refractivity contribution is 6.28. The molecule has 0 atom stereocenters. The molecule has 0 radical (unpaired) electrons. The molecule has 0 N–H and O–H groups in total. The highest BCUT2D eigenvalue weighted by Gasteiger charge is 2.40. The summed E-state index contributed by atoms with van der Waals surface area (Å²) in [6.07, 6.45) is 3.04. The number of carbonyl (C=O) groups excluding carboxylic acids is 3. The third kappa shape index (κ3) is 2.75. The van der Waals surface area contributed by atoms with E-state index < -0.39 is 17.8 Å². The van der Waals surface area contributed by atoms with Gasteiger partial charge in [-0.05, 0) is 45.1 Å². The van der Waals surface area contributed by atoms with Gasteiger partial charge in [0.05, 0.1) is 5.69 Å². The van der Waals surface area contributed by atoms with Crippen molar-refractivity contribution >= 4 is 23.5 Å². The van der Waals surface area contributed by atoms with Gasteiger partial charge in [-0.3, -0.25) is 19.4 Å². The monoisotopic (exact) mass is 355 g/mol. The third-order valence-electron chi connectivity index (χ3n) is 4.39. The molecule has 0 saturated carbocycles. The number of ether oxygens (including phenoxy) is 1. The van der Waals surface area contributed by atoms with Crippen LogP contribution in [0.5, 0.6) is 5.75 Å². The van der Waals surface area contributed by atoms with Gasteiger partial charge in [-0.25, -0.2) is 4.79 Å². The summed E-state index contributed by atoms with van der Waals surface area (Å²) in [6.45, 7) is 6.47. The van der Waals surface area contributed by atoms with Gasteiger partial charge in [0.15, 0.2) is 5.75 Å². The van der Waals surface area contributed by atoms with Crippen molar-refractivity contribution in [2.75, 3.05) is 24.5 Å². The number of amides is 4. The fourth-order valence-corrected chi connectivity index (χ4v) is 3.06. The highest BCUT2D eigenvalue weighted by Crippen LogP contribution is 2.38. The van der Waals surface area contributed by atoms with Gasteiger partial charge in [0.1, 0.15) is 5.57 Å². The predicted octanol–water partition coefficient (Wildman–Crippen LogP) is 2.50. The summed E-state index contributed by atoms with van der Waals surface area (Å²) in [6, 6.07) is 7.03. The van der Waals surface area contributed by atoms with E-state index in [9.17, 15) is 14.4 Å². The molecule has 0 spiro atoms. The fourth-order valence-electron chi connectivity index (χ4n) is 3.06. The normalized spacial score (nSPS) is 18.6. The molecule has 0 aromatic heterocycles. The average molecular weight is 355 g/mol. The van der Waals surface area contributed by atoms with E-state index >= 15 is 0 Å². The number of allylic oxidation sites excluding steroid dienone is 2. The smallest absolute Gasteiger partial charge is 0.333 e. The molecule has 2 heterocycles. The van der Waals surface area contributed by atoms with Crippen LogP contribution in [0, 0.1) is 0 Å². The van der Waals surface area contributed by atoms with E-state index in [-0.39, 0.29) is 18.7 Å². The zero-order valence-electron chi connectivity index (χ0n) is 15.1. The van der Waals surface area contributed by atoms with Crippen LogP contribution in [0.2, 0.25) is 0 Å². The Kier molecular flexibility index (Phi) is 4.79. The van der Waals surface area contributed by atoms with Crippen molar-refractivity contribution in [2.45, 2.75) is 20.8 Å². The van der Waals surface area contributed by atoms with Crippen LogP contribution in [0.25, 0.3) is 0 Å². The molecule has 7 nitrogen and oxygen atoms in total. The van der Waals surface area contributed by atoms with Crippen molar-refractivity contribution in [3.8, 4) is 5.75 Å². The van der Waals surface area contributed by atoms with Gasteiger partial charge in [0.2, 0.25) is 5.88 Å². The maximum absolute atomic E-state index is 12.5. The third-order valence-corrected chi connectivity index (χ3v) is 4.39. The van der Waals surface area contributed by atoms with Gasteiger partial charge in [-0.1, -0.05) is 12.1 Å². The summed E-state index contributed by atoms with van der Waals surface area (Å²) in [5.74, 6) is 0.0934. The number of rotatable bonds is 4. The number of hydrogen-bond acceptors (Lipinski definition) is 5. The van der Waals surface area contributed by atoms with Crippen molar-refractivity contribution in [2.24, 2.45) is 0 Å². The van der Waals surface area contributed by atoms with E-state index in [0.717, 1.165) is 21.2 Å². The number of urea groups is 1. The lowest BCUT2D eigenvalue weighted by atomic mass is 10.1. The minimum Gasteiger partial charge on any atom is -0.439 e. The number of anilines is 1. The van der Waals surface area contributed by atoms with Crippen LogP contribution in [0.4, 0.5) is 10.5 Å². The average Bonchev–Trinajstić information content (AvgIpc) is 2.99. The molecule has 26 heavy (non-hydrogen) atoms. The summed E-state index contributed by atoms with van der Waals surface area (Å²) in [5, 5.41) is 0. The molecule has 0 aliphatic carbocycles. The Balaban J connectivity index is 1.96. The Morgan fingerprint density at radius 3 is 2.00 bits per heavy atom. The maximum atomic E-state index is 12.5. The SMILES string of the molecule is CCN1C(=O)C(=C/C=C2\Oc3ccccc3N2CC)C(=O)N(CC)C1=O. The van der Waals surface area contributed by atoms with E-state index in [4.69, 9.17) is 4.74 Å². The zero-order chi connectivity index (χ0) is 18.8. The summed E-state index contributed by atoms with van der Waals surface area (Å²) >= 11 is 0. The first kappa shape index (κ1) is 17.7. The molecule has 1 aromatic rings. The lowest BCUT2D eigenvalue weighted by Crippen LogP contribution is -2.56. The first-order chi connectivity index (χ1) is 12.5. The van der Waals surface area contributed by atoms with Crippen molar-refractivity contribution in [1.82, 2.24) is 9.80 Å². The lowest BCUT2D eigenvalue weighted by Gasteiger charge is -2.32. The van der Waals surface area contributed by atoms with Crippen molar-refractivity contribution in [1.29, 1.82) is 0 Å². The Morgan fingerprint density at radius 1 is 0.846 bits per heavy atom. The number of barbiturate groups is 1. The molecular formula is C19H21N3O4. The standard InChI is InChI=1S/C19H21N3O4/c1-4-20-14-9-7-8-10-15(14)26-16(20)12-11-13-17(23)21(5-2)19(25)22(6-3)18(13)24/h7-12H,4-6H2,1-3H3/b16-12-. The maximum Gasteiger partial charge on any atom is 0.333 e. The van der Waals surface area contributed by atoms with Gasteiger partial charge >= 0.3 is 6.03 Å². The fraction of sp³-hybridized carbons (Fsp3) is 0.316. The zero-order valence-corrected chi connectivity index (χ0v) is 15.1. The second-order valence-electron chi connectivity index (χ2n) is 5.78. The molecule has 136 valence electrons. The first-order valence-corrected chi connectivity index (χ1v) is 8.67. The predicted molar refractivity (Wildman–Crippen MR) is 96.4 cm³/mol. The minimum absolute atomic E-state index is 0.0450. The Labute approximate surface area is 152 Å². The van der Waals surface area contributed by atoms with Crippen LogP contribution in [0.1, 0.15) is 20.8 Å². The summed E-state index contributed by atoms with van der Waals surface area (Å²) in [4.78, 5) is 41.3. The molecule has 0 bridgehead atoms. The van der Waals surface area contributed by atoms with Crippen LogP contribution < -0.4 is 9.64 Å². The van der Waals surface area contributed by atoms with Crippen molar-refractivity contribution < 1.29 is 19.1 Å². The topological polar surface area (TPSA) is 70.2 Å². The van der Waals surface area contributed by atoms with Gasteiger partial charge in [-0.15, -0.1) is 0 Å². The second kappa shape index (κ2) is 7.03.